The third-order valence-corrected chi connectivity index (χ3v) is 5.03. The van der Waals surface area contributed by atoms with Crippen LogP contribution in [-0.4, -0.2) is 18.1 Å². The Morgan fingerprint density at radius 1 is 0.879 bits per heavy atom. The van der Waals surface area contributed by atoms with Gasteiger partial charge in [-0.2, -0.15) is 5.10 Å². The molecule has 4 aromatic carbocycles. The van der Waals surface area contributed by atoms with Crippen LogP contribution >= 0.6 is 11.6 Å². The van der Waals surface area contributed by atoms with Crippen LogP contribution in [0.5, 0.6) is 5.75 Å². The maximum Gasteiger partial charge on any atom is 0.336 e. The average Bonchev–Trinajstić information content (AvgIpc) is 2.84. The van der Waals surface area contributed by atoms with Gasteiger partial charge < -0.3 is 4.74 Å². The lowest BCUT2D eigenvalue weighted by Crippen LogP contribution is -2.18. The average molecular weight is 455 g/mol. The molecule has 0 bridgehead atoms. The van der Waals surface area contributed by atoms with E-state index in [0.717, 1.165) is 16.3 Å². The summed E-state index contributed by atoms with van der Waals surface area (Å²) in [6.45, 7) is 0. The van der Waals surface area contributed by atoms with Gasteiger partial charge in [0, 0.05) is 22.2 Å². The van der Waals surface area contributed by atoms with Crippen molar-refractivity contribution in [3.8, 4) is 5.75 Å². The van der Waals surface area contributed by atoms with Crippen molar-refractivity contribution in [2.75, 3.05) is 0 Å². The van der Waals surface area contributed by atoms with Gasteiger partial charge in [-0.05, 0) is 46.7 Å². The number of hydrogen-bond donors (Lipinski definition) is 1. The summed E-state index contributed by atoms with van der Waals surface area (Å²) in [5.41, 5.74) is 4.35. The maximum atomic E-state index is 12.7. The van der Waals surface area contributed by atoms with Crippen LogP contribution in [-0.2, 0) is 4.79 Å². The summed E-state index contributed by atoms with van der Waals surface area (Å²) in [6.07, 6.45) is 4.39. The lowest BCUT2D eigenvalue weighted by atomic mass is 10.0. The quantitative estimate of drug-likeness (QED) is 0.130. The number of fused-ring (bicyclic) bond motifs is 1. The lowest BCUT2D eigenvalue weighted by molar-refractivity contribution is -0.128. The molecule has 0 saturated carbocycles. The fraction of sp³-hybridized carbons (Fsp3) is 0. The van der Waals surface area contributed by atoms with Gasteiger partial charge in [-0.25, -0.2) is 10.2 Å². The zero-order valence-electron chi connectivity index (χ0n) is 17.4. The molecule has 0 atom stereocenters. The number of nitrogens with one attached hydrogen (secondary N) is 1. The number of hydrazone groups is 1. The van der Waals surface area contributed by atoms with Gasteiger partial charge in [0.1, 0.15) is 5.75 Å². The molecule has 0 fully saturated rings. The van der Waals surface area contributed by atoms with Crippen LogP contribution < -0.4 is 10.2 Å². The molecule has 0 aliphatic rings. The van der Waals surface area contributed by atoms with E-state index in [-0.39, 0.29) is 11.7 Å². The van der Waals surface area contributed by atoms with Gasteiger partial charge >= 0.3 is 5.97 Å². The van der Waals surface area contributed by atoms with Gasteiger partial charge in [0.05, 0.1) is 6.21 Å². The van der Waals surface area contributed by atoms with E-state index < -0.39 is 5.97 Å². The third kappa shape index (κ3) is 5.73. The Kier molecular flexibility index (Phi) is 6.93. The van der Waals surface area contributed by atoms with E-state index >= 15 is 0 Å². The van der Waals surface area contributed by atoms with Crippen molar-refractivity contribution in [3.63, 3.8) is 0 Å². The summed E-state index contributed by atoms with van der Waals surface area (Å²) in [4.78, 5) is 24.9. The zero-order valence-corrected chi connectivity index (χ0v) is 18.2. The number of esters is 1. The molecule has 4 rings (SSSR count). The molecule has 0 saturated heterocycles. The van der Waals surface area contributed by atoms with Crippen molar-refractivity contribution < 1.29 is 14.3 Å². The van der Waals surface area contributed by atoms with Crippen molar-refractivity contribution in [1.29, 1.82) is 0 Å². The number of halogens is 1. The SMILES string of the molecule is O=C(/C=C/c1ccccc1)Oc1ccc(Cl)cc1/C=N/NC(=O)c1cccc2ccccc12. The van der Waals surface area contributed by atoms with E-state index in [1.807, 2.05) is 66.7 Å². The van der Waals surface area contributed by atoms with Crippen LogP contribution in [0.25, 0.3) is 16.8 Å². The Bertz CT molecular complexity index is 1360. The van der Waals surface area contributed by atoms with Crippen LogP contribution in [0, 0.1) is 0 Å². The Hall–Kier alpha value is -4.22. The Morgan fingerprint density at radius 2 is 1.64 bits per heavy atom. The smallest absolute Gasteiger partial charge is 0.336 e. The lowest BCUT2D eigenvalue weighted by Gasteiger charge is -2.07. The second-order valence-electron chi connectivity index (χ2n) is 7.07. The molecule has 33 heavy (non-hydrogen) atoms. The van der Waals surface area contributed by atoms with Crippen molar-refractivity contribution in [2.45, 2.75) is 0 Å². The summed E-state index contributed by atoms with van der Waals surface area (Å²) < 4.78 is 5.43. The minimum atomic E-state index is -0.546. The highest BCUT2D eigenvalue weighted by Gasteiger charge is 2.10. The molecule has 1 N–H and O–H groups in total. The largest absolute Gasteiger partial charge is 0.423 e. The standard InChI is InChI=1S/C27H19ClN2O3/c28-22-14-15-25(33-26(31)16-13-19-7-2-1-3-8-19)21(17-22)18-29-30-27(32)24-12-6-10-20-9-4-5-11-23(20)24/h1-18H,(H,30,32)/b16-13+,29-18+. The van der Waals surface area contributed by atoms with Gasteiger partial charge in [0.15, 0.2) is 0 Å². The Morgan fingerprint density at radius 3 is 2.48 bits per heavy atom. The monoisotopic (exact) mass is 454 g/mol. The highest BCUT2D eigenvalue weighted by atomic mass is 35.5. The third-order valence-electron chi connectivity index (χ3n) is 4.80. The summed E-state index contributed by atoms with van der Waals surface area (Å²) in [7, 11) is 0. The molecule has 6 heteroatoms. The van der Waals surface area contributed by atoms with E-state index in [4.69, 9.17) is 16.3 Å². The normalized spacial score (nSPS) is 11.2. The molecule has 1 amide bonds. The molecule has 0 heterocycles. The molecule has 0 unspecified atom stereocenters. The molecule has 162 valence electrons. The highest BCUT2D eigenvalue weighted by Crippen LogP contribution is 2.22. The molecule has 0 radical (unpaired) electrons. The zero-order chi connectivity index (χ0) is 23.0. The Balaban J connectivity index is 1.47. The van der Waals surface area contributed by atoms with Gasteiger partial charge in [-0.1, -0.05) is 78.3 Å². The van der Waals surface area contributed by atoms with Crippen molar-refractivity contribution >= 4 is 46.5 Å². The van der Waals surface area contributed by atoms with Crippen LogP contribution in [0.15, 0.2) is 102 Å². The van der Waals surface area contributed by atoms with Crippen molar-refractivity contribution in [1.82, 2.24) is 5.43 Å². The molecular weight excluding hydrogens is 436 g/mol. The maximum absolute atomic E-state index is 12.7. The minimum absolute atomic E-state index is 0.269. The first-order valence-corrected chi connectivity index (χ1v) is 10.5. The molecule has 0 aliphatic carbocycles. The van der Waals surface area contributed by atoms with Crippen LogP contribution in [0.4, 0.5) is 0 Å². The van der Waals surface area contributed by atoms with Gasteiger partial charge in [0.25, 0.3) is 5.91 Å². The second kappa shape index (κ2) is 10.4. The van der Waals surface area contributed by atoms with Gasteiger partial charge in [0.2, 0.25) is 0 Å². The van der Waals surface area contributed by atoms with E-state index in [0.29, 0.717) is 16.1 Å². The van der Waals surface area contributed by atoms with Crippen LogP contribution in [0.3, 0.4) is 0 Å². The van der Waals surface area contributed by atoms with Crippen LogP contribution in [0.1, 0.15) is 21.5 Å². The van der Waals surface area contributed by atoms with E-state index in [1.165, 1.54) is 12.3 Å². The first-order valence-electron chi connectivity index (χ1n) is 10.2. The highest BCUT2D eigenvalue weighted by molar-refractivity contribution is 6.31. The van der Waals surface area contributed by atoms with Crippen molar-refractivity contribution in [2.24, 2.45) is 5.10 Å². The van der Waals surface area contributed by atoms with Gasteiger partial charge in [-0.15, -0.1) is 0 Å². The predicted octanol–water partition coefficient (Wildman–Crippen LogP) is 5.88. The van der Waals surface area contributed by atoms with E-state index in [1.54, 1.807) is 30.3 Å². The number of ether oxygens (including phenoxy) is 1. The number of nitrogens with zero attached hydrogens (tertiary/aromatic N) is 1. The predicted molar refractivity (Wildman–Crippen MR) is 132 cm³/mol. The summed E-state index contributed by atoms with van der Waals surface area (Å²) in [5, 5.41) is 6.26. The molecule has 5 nitrogen and oxygen atoms in total. The van der Waals surface area contributed by atoms with Crippen molar-refractivity contribution in [3.05, 3.63) is 119 Å². The number of hydrogen-bond acceptors (Lipinski definition) is 4. The second-order valence-corrected chi connectivity index (χ2v) is 7.51. The fourth-order valence-electron chi connectivity index (χ4n) is 3.23. The molecule has 0 spiro atoms. The number of benzene rings is 4. The first-order chi connectivity index (χ1) is 16.1. The first kappa shape index (κ1) is 22.0. The van der Waals surface area contributed by atoms with E-state index in [2.05, 4.69) is 10.5 Å². The van der Waals surface area contributed by atoms with E-state index in [9.17, 15) is 9.59 Å². The number of carbonyl (C=O) groups excluding carboxylic acids is 2. The van der Waals surface area contributed by atoms with Crippen LogP contribution in [0.2, 0.25) is 5.02 Å². The summed E-state index contributed by atoms with van der Waals surface area (Å²) in [5.74, 6) is -0.629. The Labute approximate surface area is 196 Å². The van der Waals surface area contributed by atoms with Gasteiger partial charge in [-0.3, -0.25) is 4.79 Å². The number of carbonyl (C=O) groups is 2. The molecule has 0 aromatic heterocycles. The molecule has 4 aromatic rings. The number of rotatable bonds is 6. The fourth-order valence-corrected chi connectivity index (χ4v) is 3.41. The minimum Gasteiger partial charge on any atom is -0.423 e. The molecular formula is C27H19ClN2O3. The summed E-state index contributed by atoms with van der Waals surface area (Å²) in [6, 6.07) is 27.3. The molecule has 0 aliphatic heterocycles. The topological polar surface area (TPSA) is 67.8 Å². The summed E-state index contributed by atoms with van der Waals surface area (Å²) >= 11 is 6.09. The number of amides is 1.